The summed E-state index contributed by atoms with van der Waals surface area (Å²) in [6, 6.07) is 7.74. The summed E-state index contributed by atoms with van der Waals surface area (Å²) in [7, 11) is 3.48. The summed E-state index contributed by atoms with van der Waals surface area (Å²) in [6.45, 7) is 2.18. The van der Waals surface area contributed by atoms with E-state index in [9.17, 15) is 18.0 Å². The Balaban J connectivity index is 2.59. The number of benzene rings is 1. The van der Waals surface area contributed by atoms with Gasteiger partial charge < -0.3 is 19.8 Å². The summed E-state index contributed by atoms with van der Waals surface area (Å²) in [5.74, 6) is 0. The second-order valence-electron chi connectivity index (χ2n) is 7.44. The summed E-state index contributed by atoms with van der Waals surface area (Å²) in [4.78, 5) is 26.2. The Kier molecular flexibility index (Phi) is 12.1. The third-order valence-corrected chi connectivity index (χ3v) is 7.06. The monoisotopic (exact) mass is 467 g/mol. The van der Waals surface area contributed by atoms with Crippen molar-refractivity contribution in [1.29, 1.82) is 0 Å². The minimum atomic E-state index is -3.68. The molecule has 0 aliphatic carbocycles. The third-order valence-electron chi connectivity index (χ3n) is 4.88. The fourth-order valence-corrected chi connectivity index (χ4v) is 4.58. The molecule has 0 fully saturated rings. The van der Waals surface area contributed by atoms with E-state index in [1.165, 1.54) is 17.0 Å². The van der Waals surface area contributed by atoms with E-state index in [1.54, 1.807) is 32.2 Å². The second-order valence-corrected chi connectivity index (χ2v) is 9.67. The predicted molar refractivity (Wildman–Crippen MR) is 123 cm³/mol. The lowest BCUT2D eigenvalue weighted by Gasteiger charge is -2.21. The number of sulfone groups is 1. The predicted octanol–water partition coefficient (Wildman–Crippen LogP) is 1.16. The van der Waals surface area contributed by atoms with Gasteiger partial charge in [0, 0.05) is 20.1 Å². The molecule has 178 valence electrons. The lowest BCUT2D eigenvalue weighted by atomic mass is 10.1. The van der Waals surface area contributed by atoms with Crippen LogP contribution < -0.4 is 16.8 Å². The molecule has 0 saturated heterocycles. The molecule has 12 heteroatoms. The molecule has 0 aliphatic rings. The normalized spacial score (nSPS) is 12.3. The highest BCUT2D eigenvalue weighted by atomic mass is 32.2. The van der Waals surface area contributed by atoms with Gasteiger partial charge in [-0.3, -0.25) is 11.5 Å². The number of amides is 3. The van der Waals surface area contributed by atoms with Gasteiger partial charge in [-0.1, -0.05) is 37.5 Å². The number of nitrogens with two attached hydrogens (primary N) is 2. The van der Waals surface area contributed by atoms with Crippen LogP contribution in [0.1, 0.15) is 39.0 Å². The maximum absolute atomic E-state index is 13.0. The van der Waals surface area contributed by atoms with E-state index in [1.807, 2.05) is 0 Å². The van der Waals surface area contributed by atoms with E-state index < -0.39 is 27.5 Å². The Labute approximate surface area is 192 Å². The van der Waals surface area contributed by atoms with Crippen molar-refractivity contribution >= 4 is 29.9 Å². The summed E-state index contributed by atoms with van der Waals surface area (Å²) in [5, 5.41) is 1.52. The molecule has 32 heavy (non-hydrogen) atoms. The number of hydrogen-bond acceptors (Lipinski definition) is 7. The van der Waals surface area contributed by atoms with Gasteiger partial charge in [0.1, 0.15) is 18.1 Å². The first-order valence-electron chi connectivity index (χ1n) is 10.6. The molecule has 1 aromatic rings. The van der Waals surface area contributed by atoms with Crippen LogP contribution in [0.3, 0.4) is 0 Å². The van der Waals surface area contributed by atoms with Gasteiger partial charge in [0.05, 0.1) is 4.90 Å². The minimum Gasteiger partial charge on any atom is -0.449 e. The molecule has 10 nitrogen and oxygen atoms in total. The van der Waals surface area contributed by atoms with Gasteiger partial charge in [-0.15, -0.1) is 0 Å². The van der Waals surface area contributed by atoms with E-state index in [0.29, 0.717) is 19.4 Å². The second kappa shape index (κ2) is 14.0. The summed E-state index contributed by atoms with van der Waals surface area (Å²) >= 11 is 0. The molecule has 1 aromatic carbocycles. The minimum absolute atomic E-state index is 0.187. The number of nitrogens with zero attached hydrogens (tertiary/aromatic N) is 2. The molecule has 1 unspecified atom stereocenters. The van der Waals surface area contributed by atoms with Crippen molar-refractivity contribution in [1.82, 2.24) is 15.0 Å². The topological polar surface area (TPSA) is 148 Å². The number of unbranched alkanes of at least 4 members (excludes halogenated alkanes) is 3. The van der Waals surface area contributed by atoms with Gasteiger partial charge in [-0.25, -0.2) is 18.0 Å². The van der Waals surface area contributed by atoms with Crippen molar-refractivity contribution in [2.45, 2.75) is 55.5 Å². The molecule has 0 aliphatic heterocycles. The number of rotatable bonds is 13. The van der Waals surface area contributed by atoms with E-state index in [-0.39, 0.29) is 24.1 Å². The summed E-state index contributed by atoms with van der Waals surface area (Å²) < 4.78 is 31.2. The van der Waals surface area contributed by atoms with Crippen LogP contribution in [0.2, 0.25) is 0 Å². The van der Waals surface area contributed by atoms with Crippen LogP contribution in [-0.4, -0.2) is 76.5 Å². The smallest absolute Gasteiger partial charge is 0.396 e. The molecule has 0 spiro atoms. The van der Waals surface area contributed by atoms with Crippen LogP contribution in [0.25, 0.3) is 0 Å². The molecular formula is C20H34BN5O5S. The first-order chi connectivity index (χ1) is 15.1. The number of hydrogen-bond donors (Lipinski definition) is 3. The standard InChI is InChI=1S/C20H34BN5O5S/c1-3-26(21)20(28)31-15-17(32(29,30)16-11-8-6-9-12-16)13-7-4-5-10-14-25(2)19(27)24-18(22)23/h6,8-9,11-12,17-18H,3-5,7,10,13-15,22-23H2,1-2H3,(H,24,27). The number of carbonyl (C=O) groups is 2. The molecule has 1 atom stereocenters. The summed E-state index contributed by atoms with van der Waals surface area (Å²) in [5.41, 5.74) is 10.7. The van der Waals surface area contributed by atoms with Crippen molar-refractivity contribution in [2.24, 2.45) is 11.5 Å². The zero-order valence-electron chi connectivity index (χ0n) is 18.8. The Bertz CT molecular complexity index is 810. The quantitative estimate of drug-likeness (QED) is 0.224. The third kappa shape index (κ3) is 9.45. The van der Waals surface area contributed by atoms with E-state index in [0.717, 1.165) is 24.1 Å². The van der Waals surface area contributed by atoms with Crippen LogP contribution in [-0.2, 0) is 14.6 Å². The van der Waals surface area contributed by atoms with Gasteiger partial charge in [0.25, 0.3) is 0 Å². The zero-order valence-corrected chi connectivity index (χ0v) is 19.6. The molecule has 5 N–H and O–H groups in total. The molecular weight excluding hydrogens is 433 g/mol. The first kappa shape index (κ1) is 27.7. The maximum atomic E-state index is 13.0. The Morgan fingerprint density at radius 2 is 1.75 bits per heavy atom. The van der Waals surface area contributed by atoms with Gasteiger partial charge in [-0.05, 0) is 31.9 Å². The van der Waals surface area contributed by atoms with Gasteiger partial charge in [0.2, 0.25) is 7.98 Å². The molecule has 0 bridgehead atoms. The van der Waals surface area contributed by atoms with E-state index in [2.05, 4.69) is 5.32 Å². The molecule has 0 aromatic heterocycles. The van der Waals surface area contributed by atoms with Crippen molar-refractivity contribution in [3.63, 3.8) is 0 Å². The van der Waals surface area contributed by atoms with Gasteiger partial charge in [0.15, 0.2) is 9.84 Å². The Hall–Kier alpha value is -2.31. The molecule has 0 saturated carbocycles. The Morgan fingerprint density at radius 3 is 2.34 bits per heavy atom. The number of nitrogens with one attached hydrogen (secondary N) is 1. The maximum Gasteiger partial charge on any atom is 0.396 e. The summed E-state index contributed by atoms with van der Waals surface area (Å²) in [6.07, 6.45) is 1.59. The number of ether oxygens (including phenoxy) is 1. The van der Waals surface area contributed by atoms with Crippen LogP contribution >= 0.6 is 0 Å². The molecule has 0 heterocycles. The largest absolute Gasteiger partial charge is 0.449 e. The van der Waals surface area contributed by atoms with Crippen molar-refractivity contribution in [3.8, 4) is 0 Å². The highest BCUT2D eigenvalue weighted by Crippen LogP contribution is 2.21. The Morgan fingerprint density at radius 1 is 1.12 bits per heavy atom. The molecule has 3 amide bonds. The fourth-order valence-electron chi connectivity index (χ4n) is 2.94. The van der Waals surface area contributed by atoms with E-state index in [4.69, 9.17) is 24.2 Å². The number of carbonyl (C=O) groups excluding carboxylic acids is 2. The van der Waals surface area contributed by atoms with Gasteiger partial charge >= 0.3 is 12.1 Å². The van der Waals surface area contributed by atoms with Crippen LogP contribution in [0.5, 0.6) is 0 Å². The van der Waals surface area contributed by atoms with Crippen molar-refractivity contribution < 1.29 is 22.7 Å². The van der Waals surface area contributed by atoms with Crippen LogP contribution in [0.15, 0.2) is 35.2 Å². The van der Waals surface area contributed by atoms with Crippen molar-refractivity contribution in [2.75, 3.05) is 26.7 Å². The SMILES string of the molecule is [B]N(CC)C(=O)OCC(CCCCCCN(C)C(=O)NC(N)N)S(=O)(=O)c1ccccc1. The van der Waals surface area contributed by atoms with Crippen LogP contribution in [0.4, 0.5) is 9.59 Å². The molecule has 1 rings (SSSR count). The van der Waals surface area contributed by atoms with Crippen LogP contribution in [0, 0.1) is 0 Å². The highest BCUT2D eigenvalue weighted by Gasteiger charge is 2.28. The average Bonchev–Trinajstić information content (AvgIpc) is 2.76. The van der Waals surface area contributed by atoms with Gasteiger partial charge in [-0.2, -0.15) is 0 Å². The highest BCUT2D eigenvalue weighted by molar-refractivity contribution is 7.92. The fraction of sp³-hybridized carbons (Fsp3) is 0.600. The molecule has 2 radical (unpaired) electrons. The lowest BCUT2D eigenvalue weighted by Crippen LogP contribution is -2.52. The zero-order chi connectivity index (χ0) is 24.1. The average molecular weight is 467 g/mol. The van der Waals surface area contributed by atoms with Crippen molar-refractivity contribution in [3.05, 3.63) is 30.3 Å². The first-order valence-corrected chi connectivity index (χ1v) is 12.1. The number of urea groups is 1. The van der Waals surface area contributed by atoms with E-state index >= 15 is 0 Å². The lowest BCUT2D eigenvalue weighted by molar-refractivity contribution is 0.126.